The van der Waals surface area contributed by atoms with Crippen molar-refractivity contribution in [2.75, 3.05) is 0 Å². The summed E-state index contributed by atoms with van der Waals surface area (Å²) in [5.41, 5.74) is -1.22. The van der Waals surface area contributed by atoms with Crippen molar-refractivity contribution in [3.05, 3.63) is 20.8 Å². The number of hydrogen-bond acceptors (Lipinski definition) is 2. The molecule has 0 amide bonds. The average molecular weight is 343 g/mol. The van der Waals surface area contributed by atoms with E-state index in [1.54, 1.807) is 0 Å². The number of hydrogen-bond donors (Lipinski definition) is 1. The second-order valence-electron chi connectivity index (χ2n) is 4.93. The molecule has 1 aromatic heterocycles. The molecular weight excluding hydrogens is 329 g/mol. The summed E-state index contributed by atoms with van der Waals surface area (Å²) in [5, 5.41) is 12.3. The molecule has 18 heavy (non-hydrogen) atoms. The smallest absolute Gasteiger partial charge is 0.389 e. The Hall–Kier alpha value is -0.0700. The summed E-state index contributed by atoms with van der Waals surface area (Å²) in [6.45, 7) is 0. The third-order valence-electron chi connectivity index (χ3n) is 3.46. The van der Waals surface area contributed by atoms with Crippen molar-refractivity contribution >= 4 is 27.3 Å². The Bertz CT molecular complexity index is 418. The zero-order valence-electron chi connectivity index (χ0n) is 9.63. The van der Waals surface area contributed by atoms with Crippen LogP contribution >= 0.6 is 27.3 Å². The van der Waals surface area contributed by atoms with Crippen LogP contribution in [0.2, 0.25) is 0 Å². The van der Waals surface area contributed by atoms with Crippen molar-refractivity contribution in [2.24, 2.45) is 5.92 Å². The van der Waals surface area contributed by atoms with Crippen LogP contribution in [0.15, 0.2) is 15.9 Å². The lowest BCUT2D eigenvalue weighted by Gasteiger charge is -2.37. The highest BCUT2D eigenvalue weighted by atomic mass is 79.9. The van der Waals surface area contributed by atoms with E-state index in [-0.39, 0.29) is 12.8 Å². The van der Waals surface area contributed by atoms with Crippen LogP contribution in [0.25, 0.3) is 0 Å². The Kier molecular flexibility index (Phi) is 4.09. The van der Waals surface area contributed by atoms with Crippen molar-refractivity contribution in [3.8, 4) is 0 Å². The van der Waals surface area contributed by atoms with E-state index in [0.29, 0.717) is 19.3 Å². The van der Waals surface area contributed by atoms with Crippen LogP contribution in [-0.2, 0) is 6.42 Å². The van der Waals surface area contributed by atoms with Crippen LogP contribution in [0.4, 0.5) is 13.2 Å². The Morgan fingerprint density at radius 3 is 2.78 bits per heavy atom. The summed E-state index contributed by atoms with van der Waals surface area (Å²) in [6.07, 6.45) is -3.05. The number of rotatable bonds is 2. The van der Waals surface area contributed by atoms with Gasteiger partial charge in [0.15, 0.2) is 0 Å². The van der Waals surface area contributed by atoms with Gasteiger partial charge in [0.2, 0.25) is 0 Å². The number of aliphatic hydroxyl groups is 1. The third-order valence-corrected chi connectivity index (χ3v) is 5.39. The summed E-state index contributed by atoms with van der Waals surface area (Å²) in [5.74, 6) is -1.37. The Labute approximate surface area is 116 Å². The van der Waals surface area contributed by atoms with Crippen LogP contribution in [0, 0.1) is 5.92 Å². The fraction of sp³-hybridized carbons (Fsp3) is 0.667. The van der Waals surface area contributed by atoms with Crippen LogP contribution in [0.5, 0.6) is 0 Å². The van der Waals surface area contributed by atoms with Crippen LogP contribution in [-0.4, -0.2) is 16.9 Å². The molecule has 0 bridgehead atoms. The van der Waals surface area contributed by atoms with Gasteiger partial charge in [-0.2, -0.15) is 13.2 Å². The highest BCUT2D eigenvalue weighted by Gasteiger charge is 2.47. The van der Waals surface area contributed by atoms with Crippen molar-refractivity contribution < 1.29 is 18.3 Å². The Balaban J connectivity index is 2.09. The molecule has 1 aromatic rings. The number of alkyl halides is 3. The van der Waals surface area contributed by atoms with Gasteiger partial charge in [-0.25, -0.2) is 0 Å². The molecule has 6 heteroatoms. The minimum Gasteiger partial charge on any atom is -0.389 e. The molecule has 1 heterocycles. The molecule has 0 spiro atoms. The van der Waals surface area contributed by atoms with E-state index in [2.05, 4.69) is 15.9 Å². The molecule has 2 rings (SSSR count). The summed E-state index contributed by atoms with van der Waals surface area (Å²) < 4.78 is 39.0. The van der Waals surface area contributed by atoms with E-state index < -0.39 is 17.7 Å². The summed E-state index contributed by atoms with van der Waals surface area (Å²) in [4.78, 5) is 0.917. The first-order chi connectivity index (χ1) is 8.30. The lowest BCUT2D eigenvalue weighted by molar-refractivity contribution is -0.200. The maximum absolute atomic E-state index is 12.7. The zero-order valence-corrected chi connectivity index (χ0v) is 12.0. The van der Waals surface area contributed by atoms with E-state index >= 15 is 0 Å². The SMILES string of the molecule is OC1(Cc2sccc2Br)CCCC(C(F)(F)F)C1. The third kappa shape index (κ3) is 3.27. The standard InChI is InChI=1S/C12H14BrF3OS/c13-9-3-5-18-10(9)7-11(17)4-1-2-8(6-11)12(14,15)16/h3,5,8,17H,1-2,4,6-7H2. The van der Waals surface area contributed by atoms with Gasteiger partial charge in [-0.3, -0.25) is 0 Å². The van der Waals surface area contributed by atoms with Gasteiger partial charge in [0.1, 0.15) is 0 Å². The Morgan fingerprint density at radius 1 is 1.50 bits per heavy atom. The van der Waals surface area contributed by atoms with E-state index in [9.17, 15) is 18.3 Å². The van der Waals surface area contributed by atoms with Gasteiger partial charge < -0.3 is 5.11 Å². The molecule has 102 valence electrons. The number of halogens is 4. The Morgan fingerprint density at radius 2 is 2.22 bits per heavy atom. The first kappa shape index (κ1) is 14.3. The maximum Gasteiger partial charge on any atom is 0.391 e. The zero-order chi connectivity index (χ0) is 13.4. The minimum absolute atomic E-state index is 0.136. The predicted molar refractivity (Wildman–Crippen MR) is 68.7 cm³/mol. The molecule has 1 N–H and O–H groups in total. The average Bonchev–Trinajstić information content (AvgIpc) is 2.62. The highest BCUT2D eigenvalue weighted by molar-refractivity contribution is 9.10. The van der Waals surface area contributed by atoms with Gasteiger partial charge in [0.25, 0.3) is 0 Å². The van der Waals surface area contributed by atoms with E-state index in [4.69, 9.17) is 0 Å². The fourth-order valence-electron chi connectivity index (χ4n) is 2.53. The molecule has 0 radical (unpaired) electrons. The molecule has 1 fully saturated rings. The van der Waals surface area contributed by atoms with Crippen molar-refractivity contribution in [1.82, 2.24) is 0 Å². The van der Waals surface area contributed by atoms with Crippen molar-refractivity contribution in [2.45, 2.75) is 43.9 Å². The van der Waals surface area contributed by atoms with Gasteiger partial charge in [0, 0.05) is 15.8 Å². The number of thiophene rings is 1. The molecule has 1 nitrogen and oxygen atoms in total. The summed E-state index contributed by atoms with van der Waals surface area (Å²) in [6, 6.07) is 1.85. The van der Waals surface area contributed by atoms with Crippen molar-refractivity contribution in [1.29, 1.82) is 0 Å². The van der Waals surface area contributed by atoms with E-state index in [0.717, 1.165) is 9.35 Å². The maximum atomic E-state index is 12.7. The minimum atomic E-state index is -4.19. The first-order valence-electron chi connectivity index (χ1n) is 5.81. The molecular formula is C12H14BrF3OS. The van der Waals surface area contributed by atoms with Gasteiger partial charge in [-0.05, 0) is 53.1 Å². The fourth-order valence-corrected chi connectivity index (χ4v) is 4.16. The molecule has 0 saturated heterocycles. The van der Waals surface area contributed by atoms with Crippen LogP contribution in [0.3, 0.4) is 0 Å². The second-order valence-corrected chi connectivity index (χ2v) is 6.78. The molecule has 1 aliphatic rings. The summed E-state index contributed by atoms with van der Waals surface area (Å²) in [7, 11) is 0. The molecule has 1 saturated carbocycles. The lowest BCUT2D eigenvalue weighted by Crippen LogP contribution is -2.41. The van der Waals surface area contributed by atoms with E-state index in [1.807, 2.05) is 11.4 Å². The van der Waals surface area contributed by atoms with E-state index in [1.165, 1.54) is 11.3 Å². The van der Waals surface area contributed by atoms with Gasteiger partial charge in [0.05, 0.1) is 11.5 Å². The van der Waals surface area contributed by atoms with Gasteiger partial charge >= 0.3 is 6.18 Å². The van der Waals surface area contributed by atoms with Crippen LogP contribution < -0.4 is 0 Å². The second kappa shape index (κ2) is 5.13. The van der Waals surface area contributed by atoms with Crippen molar-refractivity contribution in [3.63, 3.8) is 0 Å². The first-order valence-corrected chi connectivity index (χ1v) is 7.48. The van der Waals surface area contributed by atoms with Gasteiger partial charge in [-0.15, -0.1) is 11.3 Å². The molecule has 2 atom stereocenters. The highest BCUT2D eigenvalue weighted by Crippen LogP contribution is 2.43. The molecule has 2 unspecified atom stereocenters. The predicted octanol–water partition coefficient (Wildman–Crippen LogP) is 4.54. The molecule has 0 aliphatic heterocycles. The lowest BCUT2D eigenvalue weighted by atomic mass is 9.76. The topological polar surface area (TPSA) is 20.2 Å². The summed E-state index contributed by atoms with van der Waals surface area (Å²) >= 11 is 4.81. The normalized spacial score (nSPS) is 29.5. The molecule has 0 aromatic carbocycles. The van der Waals surface area contributed by atoms with Gasteiger partial charge in [-0.1, -0.05) is 0 Å². The monoisotopic (exact) mass is 342 g/mol. The largest absolute Gasteiger partial charge is 0.391 e. The molecule has 1 aliphatic carbocycles. The quantitative estimate of drug-likeness (QED) is 0.836. The van der Waals surface area contributed by atoms with Crippen LogP contribution in [0.1, 0.15) is 30.6 Å².